The second-order valence-corrected chi connectivity index (χ2v) is 8.40. The van der Waals surface area contributed by atoms with Gasteiger partial charge >= 0.3 is 0 Å². The molecule has 0 saturated carbocycles. The topological polar surface area (TPSA) is 47.1 Å². The van der Waals surface area contributed by atoms with Gasteiger partial charge in [-0.25, -0.2) is 4.98 Å². The standard InChI is InChI=1S/C20H26N4OS/c1-15-7-8-19(26-15)20-22-18(16(2)25-20)14-23-11-4-3-6-17(23)9-13-24-12-5-10-21-24/h5,7-8,10,12,17H,3-4,6,9,11,13-14H2,1-2H3. The van der Waals surface area contributed by atoms with Crippen molar-refractivity contribution in [3.8, 4) is 10.8 Å². The van der Waals surface area contributed by atoms with Crippen LogP contribution in [0.2, 0.25) is 0 Å². The average molecular weight is 371 g/mol. The molecule has 0 spiro atoms. The Balaban J connectivity index is 1.45. The summed E-state index contributed by atoms with van der Waals surface area (Å²) in [4.78, 5) is 9.80. The van der Waals surface area contributed by atoms with Crippen LogP contribution in [0.5, 0.6) is 0 Å². The normalized spacial score (nSPS) is 18.5. The molecule has 1 aliphatic heterocycles. The van der Waals surface area contributed by atoms with Crippen molar-refractivity contribution >= 4 is 11.3 Å². The summed E-state index contributed by atoms with van der Waals surface area (Å²) in [6.07, 6.45) is 8.88. The molecule has 4 rings (SSSR count). The highest BCUT2D eigenvalue weighted by Gasteiger charge is 2.24. The minimum absolute atomic E-state index is 0.594. The predicted molar refractivity (Wildman–Crippen MR) is 104 cm³/mol. The molecule has 1 fully saturated rings. The van der Waals surface area contributed by atoms with Crippen LogP contribution in [0.1, 0.15) is 42.0 Å². The van der Waals surface area contributed by atoms with Gasteiger partial charge in [0, 0.05) is 36.4 Å². The molecule has 0 amide bonds. The second kappa shape index (κ2) is 7.76. The average Bonchev–Trinajstić information content (AvgIpc) is 3.37. The van der Waals surface area contributed by atoms with Crippen molar-refractivity contribution in [1.29, 1.82) is 0 Å². The van der Waals surface area contributed by atoms with Gasteiger partial charge in [-0.15, -0.1) is 11.3 Å². The third kappa shape index (κ3) is 3.91. The molecule has 6 heteroatoms. The Kier molecular flexibility index (Phi) is 5.22. The summed E-state index contributed by atoms with van der Waals surface area (Å²) in [5.74, 6) is 1.71. The summed E-state index contributed by atoms with van der Waals surface area (Å²) < 4.78 is 8.00. The van der Waals surface area contributed by atoms with Gasteiger partial charge in [-0.05, 0) is 57.9 Å². The molecule has 0 aromatic carbocycles. The molecule has 26 heavy (non-hydrogen) atoms. The highest BCUT2D eigenvalue weighted by Crippen LogP contribution is 2.30. The van der Waals surface area contributed by atoms with E-state index in [1.807, 2.05) is 30.1 Å². The first-order valence-electron chi connectivity index (χ1n) is 9.43. The zero-order valence-corrected chi connectivity index (χ0v) is 16.3. The Hall–Kier alpha value is -1.92. The number of hydrogen-bond acceptors (Lipinski definition) is 5. The van der Waals surface area contributed by atoms with E-state index in [1.165, 1.54) is 24.1 Å². The summed E-state index contributed by atoms with van der Waals surface area (Å²) in [5.41, 5.74) is 1.08. The maximum atomic E-state index is 5.97. The quantitative estimate of drug-likeness (QED) is 0.633. The third-order valence-electron chi connectivity index (χ3n) is 5.20. The van der Waals surface area contributed by atoms with Gasteiger partial charge in [0.1, 0.15) is 5.76 Å². The Bertz CT molecular complexity index is 836. The van der Waals surface area contributed by atoms with Crippen LogP contribution < -0.4 is 0 Å². The molecule has 0 radical (unpaired) electrons. The molecular formula is C20H26N4OS. The first-order valence-corrected chi connectivity index (χ1v) is 10.3. The molecule has 138 valence electrons. The van der Waals surface area contributed by atoms with Gasteiger partial charge in [0.2, 0.25) is 5.89 Å². The van der Waals surface area contributed by atoms with E-state index in [2.05, 4.69) is 29.1 Å². The maximum Gasteiger partial charge on any atom is 0.236 e. The van der Waals surface area contributed by atoms with Crippen LogP contribution in [0.15, 0.2) is 35.0 Å². The number of piperidine rings is 1. The zero-order chi connectivity index (χ0) is 17.9. The van der Waals surface area contributed by atoms with Gasteiger partial charge in [0.05, 0.1) is 10.6 Å². The fourth-order valence-corrected chi connectivity index (χ4v) is 4.52. The van der Waals surface area contributed by atoms with E-state index in [4.69, 9.17) is 9.40 Å². The molecule has 3 aromatic rings. The number of thiophene rings is 1. The monoisotopic (exact) mass is 370 g/mol. The van der Waals surface area contributed by atoms with Crippen molar-refractivity contribution in [2.45, 2.75) is 58.7 Å². The molecule has 5 nitrogen and oxygen atoms in total. The minimum atomic E-state index is 0.594. The molecule has 1 unspecified atom stereocenters. The molecule has 4 heterocycles. The molecular weight excluding hydrogens is 344 g/mol. The predicted octanol–water partition coefficient (Wildman–Crippen LogP) is 4.66. The van der Waals surface area contributed by atoms with Crippen molar-refractivity contribution in [2.24, 2.45) is 0 Å². The van der Waals surface area contributed by atoms with Gasteiger partial charge in [-0.3, -0.25) is 9.58 Å². The van der Waals surface area contributed by atoms with Crippen LogP contribution in [0.25, 0.3) is 10.8 Å². The number of likely N-dealkylation sites (tertiary alicyclic amines) is 1. The van der Waals surface area contributed by atoms with Crippen molar-refractivity contribution in [3.63, 3.8) is 0 Å². The van der Waals surface area contributed by atoms with Gasteiger partial charge in [-0.2, -0.15) is 5.10 Å². The van der Waals surface area contributed by atoms with Crippen LogP contribution >= 0.6 is 11.3 Å². The van der Waals surface area contributed by atoms with E-state index in [9.17, 15) is 0 Å². The lowest BCUT2D eigenvalue weighted by Gasteiger charge is -2.35. The van der Waals surface area contributed by atoms with Gasteiger partial charge < -0.3 is 4.42 Å². The lowest BCUT2D eigenvalue weighted by molar-refractivity contribution is 0.125. The van der Waals surface area contributed by atoms with E-state index in [-0.39, 0.29) is 0 Å². The van der Waals surface area contributed by atoms with Crippen LogP contribution in [0.3, 0.4) is 0 Å². The summed E-state index contributed by atoms with van der Waals surface area (Å²) in [7, 11) is 0. The van der Waals surface area contributed by atoms with E-state index >= 15 is 0 Å². The Morgan fingerprint density at radius 1 is 1.27 bits per heavy atom. The first kappa shape index (κ1) is 17.5. The largest absolute Gasteiger partial charge is 0.440 e. The Morgan fingerprint density at radius 3 is 2.96 bits per heavy atom. The summed E-state index contributed by atoms with van der Waals surface area (Å²) >= 11 is 1.74. The molecule has 1 saturated heterocycles. The van der Waals surface area contributed by atoms with E-state index in [0.29, 0.717) is 6.04 Å². The summed E-state index contributed by atoms with van der Waals surface area (Å²) in [6, 6.07) is 6.81. The number of aryl methyl sites for hydroxylation is 3. The third-order valence-corrected chi connectivity index (χ3v) is 6.19. The number of hydrogen-bond donors (Lipinski definition) is 0. The Morgan fingerprint density at radius 2 is 2.19 bits per heavy atom. The highest BCUT2D eigenvalue weighted by molar-refractivity contribution is 7.15. The maximum absolute atomic E-state index is 5.97. The van der Waals surface area contributed by atoms with Crippen molar-refractivity contribution in [3.05, 3.63) is 46.9 Å². The van der Waals surface area contributed by atoms with Crippen LogP contribution in [-0.2, 0) is 13.1 Å². The lowest BCUT2D eigenvalue weighted by Crippen LogP contribution is -2.39. The molecule has 1 atom stereocenters. The van der Waals surface area contributed by atoms with Crippen LogP contribution in [0.4, 0.5) is 0 Å². The fraction of sp³-hybridized carbons (Fsp3) is 0.500. The minimum Gasteiger partial charge on any atom is -0.440 e. The van der Waals surface area contributed by atoms with Crippen molar-refractivity contribution in [2.75, 3.05) is 6.54 Å². The van der Waals surface area contributed by atoms with E-state index in [1.54, 1.807) is 11.3 Å². The van der Waals surface area contributed by atoms with Crippen molar-refractivity contribution < 1.29 is 4.42 Å². The summed E-state index contributed by atoms with van der Waals surface area (Å²) in [5, 5.41) is 4.33. The van der Waals surface area contributed by atoms with Crippen LogP contribution in [-0.4, -0.2) is 32.3 Å². The number of rotatable bonds is 6. The first-order chi connectivity index (χ1) is 12.7. The molecule has 0 N–H and O–H groups in total. The SMILES string of the molecule is Cc1ccc(-c2nc(CN3CCCCC3CCn3cccn3)c(C)o2)s1. The number of aromatic nitrogens is 3. The number of nitrogens with zero attached hydrogens (tertiary/aromatic N) is 4. The van der Waals surface area contributed by atoms with Gasteiger partial charge in [0.25, 0.3) is 0 Å². The van der Waals surface area contributed by atoms with Crippen LogP contribution in [0, 0.1) is 13.8 Å². The fourth-order valence-electron chi connectivity index (χ4n) is 3.73. The van der Waals surface area contributed by atoms with Gasteiger partial charge in [0.15, 0.2) is 0 Å². The molecule has 1 aliphatic rings. The van der Waals surface area contributed by atoms with E-state index in [0.717, 1.165) is 48.3 Å². The second-order valence-electron chi connectivity index (χ2n) is 7.11. The van der Waals surface area contributed by atoms with Gasteiger partial charge in [-0.1, -0.05) is 6.42 Å². The smallest absolute Gasteiger partial charge is 0.236 e. The molecule has 3 aromatic heterocycles. The Labute approximate surface area is 158 Å². The lowest BCUT2D eigenvalue weighted by atomic mass is 9.99. The molecule has 0 aliphatic carbocycles. The van der Waals surface area contributed by atoms with E-state index < -0.39 is 0 Å². The summed E-state index contributed by atoms with van der Waals surface area (Å²) in [6.45, 7) is 7.15. The highest BCUT2D eigenvalue weighted by atomic mass is 32.1. The molecule has 0 bridgehead atoms. The number of oxazole rings is 1. The zero-order valence-electron chi connectivity index (χ0n) is 15.5. The van der Waals surface area contributed by atoms with Crippen molar-refractivity contribution in [1.82, 2.24) is 19.7 Å².